The van der Waals surface area contributed by atoms with Crippen LogP contribution in [0.2, 0.25) is 0 Å². The average molecular weight is 173 g/mol. The van der Waals surface area contributed by atoms with Gasteiger partial charge in [0.25, 0.3) is 0 Å². The van der Waals surface area contributed by atoms with Crippen LogP contribution in [0.3, 0.4) is 0 Å². The number of hydrogen-bond acceptors (Lipinski definition) is 3. The second-order valence-electron chi connectivity index (χ2n) is 3.28. The fourth-order valence-corrected chi connectivity index (χ4v) is 1.36. The van der Waals surface area contributed by atoms with Crippen molar-refractivity contribution in [1.82, 2.24) is 15.0 Å². The van der Waals surface area contributed by atoms with Gasteiger partial charge in [-0.05, 0) is 17.5 Å². The third-order valence-corrected chi connectivity index (χ3v) is 2.03. The van der Waals surface area contributed by atoms with Crippen LogP contribution in [-0.2, 0) is 0 Å². The maximum Gasteiger partial charge on any atom is 0.178 e. The molecule has 2 aromatic heterocycles. The number of aromatic nitrogens is 3. The van der Waals surface area contributed by atoms with E-state index < -0.39 is 0 Å². The van der Waals surface area contributed by atoms with Gasteiger partial charge < -0.3 is 0 Å². The molecule has 0 saturated carbocycles. The average Bonchev–Trinajstić information content (AvgIpc) is 2.17. The van der Waals surface area contributed by atoms with E-state index in [-0.39, 0.29) is 0 Å². The van der Waals surface area contributed by atoms with Gasteiger partial charge in [0.1, 0.15) is 5.52 Å². The van der Waals surface area contributed by atoms with Crippen molar-refractivity contribution >= 4 is 11.2 Å². The smallest absolute Gasteiger partial charge is 0.178 e. The Kier molecular flexibility index (Phi) is 1.93. The molecule has 2 heterocycles. The van der Waals surface area contributed by atoms with Crippen LogP contribution < -0.4 is 0 Å². The first-order valence-electron chi connectivity index (χ1n) is 4.34. The maximum atomic E-state index is 4.28. The molecule has 0 radical (unpaired) electrons. The lowest BCUT2D eigenvalue weighted by Gasteiger charge is -2.06. The van der Waals surface area contributed by atoms with Gasteiger partial charge in [-0.1, -0.05) is 13.8 Å². The summed E-state index contributed by atoms with van der Waals surface area (Å²) in [5.41, 5.74) is 2.85. The molecule has 0 aliphatic carbocycles. The van der Waals surface area contributed by atoms with Gasteiger partial charge in [-0.3, -0.25) is 4.98 Å². The molecule has 2 rings (SSSR count). The Morgan fingerprint density at radius 1 is 1.00 bits per heavy atom. The van der Waals surface area contributed by atoms with Gasteiger partial charge in [0, 0.05) is 18.6 Å². The van der Waals surface area contributed by atoms with E-state index in [9.17, 15) is 0 Å². The Balaban J connectivity index is 2.76. The molecule has 0 unspecified atom stereocenters. The molecule has 0 aliphatic rings. The van der Waals surface area contributed by atoms with Crippen LogP contribution >= 0.6 is 0 Å². The van der Waals surface area contributed by atoms with Crippen LogP contribution in [0.15, 0.2) is 24.7 Å². The molecule has 0 N–H and O–H groups in total. The van der Waals surface area contributed by atoms with E-state index >= 15 is 0 Å². The van der Waals surface area contributed by atoms with E-state index in [4.69, 9.17) is 0 Å². The molecule has 0 fully saturated rings. The summed E-state index contributed by atoms with van der Waals surface area (Å²) in [4.78, 5) is 12.6. The summed E-state index contributed by atoms with van der Waals surface area (Å²) in [6.07, 6.45) is 5.15. The summed E-state index contributed by atoms with van der Waals surface area (Å²) in [6.45, 7) is 4.28. The molecule has 3 heteroatoms. The normalized spacial score (nSPS) is 11.0. The van der Waals surface area contributed by atoms with Gasteiger partial charge in [-0.15, -0.1) is 0 Å². The molecule has 13 heavy (non-hydrogen) atoms. The van der Waals surface area contributed by atoms with Crippen LogP contribution in [0.4, 0.5) is 0 Å². The minimum absolute atomic E-state index is 0.460. The minimum Gasteiger partial charge on any atom is -0.251 e. The molecular formula is C10H11N3. The van der Waals surface area contributed by atoms with E-state index in [1.807, 2.05) is 6.07 Å². The van der Waals surface area contributed by atoms with Crippen LogP contribution in [0.1, 0.15) is 25.3 Å². The van der Waals surface area contributed by atoms with E-state index in [2.05, 4.69) is 28.8 Å². The number of fused-ring (bicyclic) bond motifs is 1. The fourth-order valence-electron chi connectivity index (χ4n) is 1.36. The minimum atomic E-state index is 0.460. The first-order valence-corrected chi connectivity index (χ1v) is 4.34. The molecular weight excluding hydrogens is 162 g/mol. The third-order valence-electron chi connectivity index (χ3n) is 2.03. The largest absolute Gasteiger partial charge is 0.251 e. The SMILES string of the molecule is CC(C)c1ccnc2nccnc12. The predicted octanol–water partition coefficient (Wildman–Crippen LogP) is 2.15. The van der Waals surface area contributed by atoms with Gasteiger partial charge >= 0.3 is 0 Å². The first-order chi connectivity index (χ1) is 6.29. The molecule has 0 amide bonds. The van der Waals surface area contributed by atoms with Gasteiger partial charge in [-0.2, -0.15) is 0 Å². The highest BCUT2D eigenvalue weighted by atomic mass is 14.9. The quantitative estimate of drug-likeness (QED) is 0.663. The third kappa shape index (κ3) is 1.37. The summed E-state index contributed by atoms with van der Waals surface area (Å²) < 4.78 is 0. The van der Waals surface area contributed by atoms with E-state index in [1.54, 1.807) is 18.6 Å². The Hall–Kier alpha value is -1.51. The lowest BCUT2D eigenvalue weighted by molar-refractivity contribution is 0.869. The molecule has 2 aromatic rings. The Morgan fingerprint density at radius 3 is 2.46 bits per heavy atom. The van der Waals surface area contributed by atoms with Gasteiger partial charge in [0.05, 0.1) is 0 Å². The highest BCUT2D eigenvalue weighted by Crippen LogP contribution is 2.19. The topological polar surface area (TPSA) is 38.7 Å². The van der Waals surface area contributed by atoms with Crippen molar-refractivity contribution in [3.63, 3.8) is 0 Å². The van der Waals surface area contributed by atoms with Crippen molar-refractivity contribution in [3.8, 4) is 0 Å². The van der Waals surface area contributed by atoms with Gasteiger partial charge in [0.15, 0.2) is 5.65 Å². The van der Waals surface area contributed by atoms with E-state index in [1.165, 1.54) is 5.56 Å². The van der Waals surface area contributed by atoms with Crippen LogP contribution in [0.5, 0.6) is 0 Å². The van der Waals surface area contributed by atoms with Crippen LogP contribution in [0.25, 0.3) is 11.2 Å². The molecule has 0 bridgehead atoms. The second kappa shape index (κ2) is 3.09. The van der Waals surface area contributed by atoms with Crippen molar-refractivity contribution in [2.75, 3.05) is 0 Å². The van der Waals surface area contributed by atoms with Crippen molar-refractivity contribution in [2.24, 2.45) is 0 Å². The standard InChI is InChI=1S/C10H11N3/c1-7(2)8-3-4-12-10-9(8)11-5-6-13-10/h3-7H,1-2H3. The summed E-state index contributed by atoms with van der Waals surface area (Å²) in [7, 11) is 0. The monoisotopic (exact) mass is 173 g/mol. The maximum absolute atomic E-state index is 4.28. The Morgan fingerprint density at radius 2 is 1.69 bits per heavy atom. The molecule has 0 atom stereocenters. The van der Waals surface area contributed by atoms with Crippen molar-refractivity contribution in [3.05, 3.63) is 30.2 Å². The molecule has 0 saturated heterocycles. The highest BCUT2D eigenvalue weighted by molar-refractivity contribution is 5.73. The van der Waals surface area contributed by atoms with Gasteiger partial charge in [-0.25, -0.2) is 9.97 Å². The lowest BCUT2D eigenvalue weighted by Crippen LogP contribution is -1.94. The fraction of sp³-hybridized carbons (Fsp3) is 0.300. The number of nitrogens with zero attached hydrogens (tertiary/aromatic N) is 3. The predicted molar refractivity (Wildman–Crippen MR) is 51.4 cm³/mol. The van der Waals surface area contributed by atoms with Crippen molar-refractivity contribution < 1.29 is 0 Å². The zero-order valence-corrected chi connectivity index (χ0v) is 7.73. The zero-order valence-electron chi connectivity index (χ0n) is 7.73. The first kappa shape index (κ1) is 8.10. The zero-order chi connectivity index (χ0) is 9.26. The number of rotatable bonds is 1. The summed E-state index contributed by atoms with van der Waals surface area (Å²) in [5, 5.41) is 0. The lowest BCUT2D eigenvalue weighted by atomic mass is 10.0. The van der Waals surface area contributed by atoms with Crippen LogP contribution in [0, 0.1) is 0 Å². The van der Waals surface area contributed by atoms with E-state index in [0.29, 0.717) is 5.92 Å². The summed E-state index contributed by atoms with van der Waals surface area (Å²) in [5.74, 6) is 0.460. The molecule has 3 nitrogen and oxygen atoms in total. The molecule has 66 valence electrons. The van der Waals surface area contributed by atoms with Crippen molar-refractivity contribution in [2.45, 2.75) is 19.8 Å². The summed E-state index contributed by atoms with van der Waals surface area (Å²) in [6, 6.07) is 2.00. The second-order valence-corrected chi connectivity index (χ2v) is 3.28. The Bertz CT molecular complexity index is 418. The number of hydrogen-bond donors (Lipinski definition) is 0. The molecule has 0 spiro atoms. The molecule has 0 aliphatic heterocycles. The summed E-state index contributed by atoms with van der Waals surface area (Å²) >= 11 is 0. The number of pyridine rings is 1. The van der Waals surface area contributed by atoms with Crippen molar-refractivity contribution in [1.29, 1.82) is 0 Å². The van der Waals surface area contributed by atoms with E-state index in [0.717, 1.165) is 11.2 Å². The van der Waals surface area contributed by atoms with Crippen LogP contribution in [-0.4, -0.2) is 15.0 Å². The molecule has 0 aromatic carbocycles. The highest BCUT2D eigenvalue weighted by Gasteiger charge is 2.06. The van der Waals surface area contributed by atoms with Gasteiger partial charge in [0.2, 0.25) is 0 Å². The Labute approximate surface area is 76.9 Å².